The minimum absolute atomic E-state index is 0.114. The van der Waals surface area contributed by atoms with Gasteiger partial charge < -0.3 is 4.90 Å². The minimum Gasteiger partial charge on any atom is -0.340 e. The van der Waals surface area contributed by atoms with E-state index >= 15 is 0 Å². The van der Waals surface area contributed by atoms with Crippen molar-refractivity contribution in [3.8, 4) is 0 Å². The SMILES string of the molecule is CCN(CC)C(=O)C=CCCc1ccccc1. The summed E-state index contributed by atoms with van der Waals surface area (Å²) in [7, 11) is 0. The van der Waals surface area contributed by atoms with Crippen LogP contribution in [0.4, 0.5) is 0 Å². The monoisotopic (exact) mass is 231 g/mol. The number of nitrogens with zero attached hydrogens (tertiary/aromatic N) is 1. The summed E-state index contributed by atoms with van der Waals surface area (Å²) < 4.78 is 0. The highest BCUT2D eigenvalue weighted by molar-refractivity contribution is 5.87. The Balaban J connectivity index is 2.33. The number of benzene rings is 1. The number of carbonyl (C=O) groups excluding carboxylic acids is 1. The first-order valence-corrected chi connectivity index (χ1v) is 6.27. The molecule has 0 saturated carbocycles. The van der Waals surface area contributed by atoms with Crippen molar-refractivity contribution in [1.82, 2.24) is 4.90 Å². The second-order valence-corrected chi connectivity index (χ2v) is 3.94. The molecule has 0 radical (unpaired) electrons. The summed E-state index contributed by atoms with van der Waals surface area (Å²) in [6.07, 6.45) is 5.56. The van der Waals surface area contributed by atoms with E-state index in [4.69, 9.17) is 0 Å². The van der Waals surface area contributed by atoms with E-state index in [-0.39, 0.29) is 5.91 Å². The van der Waals surface area contributed by atoms with Gasteiger partial charge in [0.25, 0.3) is 0 Å². The van der Waals surface area contributed by atoms with Crippen molar-refractivity contribution in [3.05, 3.63) is 48.0 Å². The van der Waals surface area contributed by atoms with Gasteiger partial charge in [-0.05, 0) is 38.3 Å². The van der Waals surface area contributed by atoms with Crippen molar-refractivity contribution >= 4 is 5.91 Å². The fraction of sp³-hybridized carbons (Fsp3) is 0.400. The molecule has 1 amide bonds. The zero-order valence-electron chi connectivity index (χ0n) is 10.7. The summed E-state index contributed by atoms with van der Waals surface area (Å²) in [5.41, 5.74) is 1.31. The van der Waals surface area contributed by atoms with Crippen LogP contribution >= 0.6 is 0 Å². The smallest absolute Gasteiger partial charge is 0.246 e. The van der Waals surface area contributed by atoms with Crippen molar-refractivity contribution in [1.29, 1.82) is 0 Å². The molecule has 0 aliphatic heterocycles. The number of aryl methyl sites for hydroxylation is 1. The highest BCUT2D eigenvalue weighted by atomic mass is 16.2. The van der Waals surface area contributed by atoms with Crippen LogP contribution in [0.5, 0.6) is 0 Å². The molecule has 0 spiro atoms. The van der Waals surface area contributed by atoms with E-state index in [2.05, 4.69) is 12.1 Å². The van der Waals surface area contributed by atoms with E-state index < -0.39 is 0 Å². The van der Waals surface area contributed by atoms with Crippen molar-refractivity contribution < 1.29 is 4.79 Å². The zero-order chi connectivity index (χ0) is 12.5. The Kier molecular flexibility index (Phi) is 6.08. The molecular formula is C15H21NO. The van der Waals surface area contributed by atoms with Crippen LogP contribution in [0.2, 0.25) is 0 Å². The molecular weight excluding hydrogens is 210 g/mol. The maximum Gasteiger partial charge on any atom is 0.246 e. The van der Waals surface area contributed by atoms with Gasteiger partial charge in [0.1, 0.15) is 0 Å². The summed E-state index contributed by atoms with van der Waals surface area (Å²) in [4.78, 5) is 13.5. The lowest BCUT2D eigenvalue weighted by Crippen LogP contribution is -2.28. The Morgan fingerprint density at radius 1 is 1.18 bits per heavy atom. The van der Waals surface area contributed by atoms with Crippen molar-refractivity contribution in [2.75, 3.05) is 13.1 Å². The quantitative estimate of drug-likeness (QED) is 0.689. The summed E-state index contributed by atoms with van der Waals surface area (Å²) in [6, 6.07) is 10.3. The predicted octanol–water partition coefficient (Wildman–Crippen LogP) is 3.04. The standard InChI is InChI=1S/C15H21NO/c1-3-16(4-2)15(17)13-9-8-12-14-10-6-5-7-11-14/h5-7,9-11,13H,3-4,8,12H2,1-2H3. The second-order valence-electron chi connectivity index (χ2n) is 3.94. The number of amides is 1. The lowest BCUT2D eigenvalue weighted by molar-refractivity contribution is -0.125. The normalized spacial score (nSPS) is 10.7. The Morgan fingerprint density at radius 3 is 2.41 bits per heavy atom. The Hall–Kier alpha value is -1.57. The number of hydrogen-bond donors (Lipinski definition) is 0. The number of likely N-dealkylation sites (N-methyl/N-ethyl adjacent to an activating group) is 1. The van der Waals surface area contributed by atoms with E-state index in [1.54, 1.807) is 6.08 Å². The summed E-state index contributed by atoms with van der Waals surface area (Å²) in [6.45, 7) is 5.55. The molecule has 0 aliphatic rings. The molecule has 0 unspecified atom stereocenters. The van der Waals surface area contributed by atoms with E-state index in [1.807, 2.05) is 43.0 Å². The molecule has 2 nitrogen and oxygen atoms in total. The van der Waals surface area contributed by atoms with Crippen LogP contribution in [-0.2, 0) is 11.2 Å². The van der Waals surface area contributed by atoms with Gasteiger partial charge in [-0.3, -0.25) is 4.79 Å². The van der Waals surface area contributed by atoms with Crippen molar-refractivity contribution in [2.24, 2.45) is 0 Å². The molecule has 0 heterocycles. The first-order chi connectivity index (χ1) is 8.27. The van der Waals surface area contributed by atoms with Crippen LogP contribution in [0.3, 0.4) is 0 Å². The lowest BCUT2D eigenvalue weighted by Gasteiger charge is -2.15. The van der Waals surface area contributed by atoms with Gasteiger partial charge in [-0.25, -0.2) is 0 Å². The predicted molar refractivity (Wildman–Crippen MR) is 71.8 cm³/mol. The van der Waals surface area contributed by atoms with Crippen LogP contribution in [0, 0.1) is 0 Å². The molecule has 92 valence electrons. The molecule has 1 aromatic carbocycles. The van der Waals surface area contributed by atoms with Crippen molar-refractivity contribution in [2.45, 2.75) is 26.7 Å². The highest BCUT2D eigenvalue weighted by Crippen LogP contribution is 2.03. The summed E-state index contributed by atoms with van der Waals surface area (Å²) >= 11 is 0. The Labute approximate surface area is 104 Å². The van der Waals surface area contributed by atoms with Gasteiger partial charge in [0, 0.05) is 13.1 Å². The van der Waals surface area contributed by atoms with E-state index in [9.17, 15) is 4.79 Å². The van der Waals surface area contributed by atoms with Crippen LogP contribution < -0.4 is 0 Å². The number of hydrogen-bond acceptors (Lipinski definition) is 1. The third kappa shape index (κ3) is 4.85. The summed E-state index contributed by atoms with van der Waals surface area (Å²) in [5, 5.41) is 0. The third-order valence-corrected chi connectivity index (χ3v) is 2.78. The average molecular weight is 231 g/mol. The molecule has 0 N–H and O–H groups in total. The first kappa shape index (κ1) is 13.5. The first-order valence-electron chi connectivity index (χ1n) is 6.27. The molecule has 2 heteroatoms. The minimum atomic E-state index is 0.114. The topological polar surface area (TPSA) is 20.3 Å². The Bertz CT molecular complexity index is 352. The number of allylic oxidation sites excluding steroid dienone is 1. The van der Waals surface area contributed by atoms with E-state index in [0.29, 0.717) is 0 Å². The number of carbonyl (C=O) groups is 1. The largest absolute Gasteiger partial charge is 0.340 e. The van der Waals surface area contributed by atoms with Gasteiger partial charge in [0.15, 0.2) is 0 Å². The number of rotatable bonds is 6. The fourth-order valence-corrected chi connectivity index (χ4v) is 1.72. The van der Waals surface area contributed by atoms with Gasteiger partial charge in [-0.1, -0.05) is 36.4 Å². The molecule has 0 aromatic heterocycles. The third-order valence-electron chi connectivity index (χ3n) is 2.78. The molecule has 0 atom stereocenters. The molecule has 17 heavy (non-hydrogen) atoms. The maximum absolute atomic E-state index is 11.7. The Morgan fingerprint density at radius 2 is 1.82 bits per heavy atom. The van der Waals surface area contributed by atoms with Crippen LogP contribution in [-0.4, -0.2) is 23.9 Å². The molecule has 0 aliphatic carbocycles. The van der Waals surface area contributed by atoms with Crippen LogP contribution in [0.25, 0.3) is 0 Å². The fourth-order valence-electron chi connectivity index (χ4n) is 1.72. The van der Waals surface area contributed by atoms with Crippen molar-refractivity contribution in [3.63, 3.8) is 0 Å². The maximum atomic E-state index is 11.7. The summed E-state index contributed by atoms with van der Waals surface area (Å²) in [5.74, 6) is 0.114. The molecule has 1 aromatic rings. The lowest BCUT2D eigenvalue weighted by atomic mass is 10.1. The van der Waals surface area contributed by atoms with Gasteiger partial charge in [-0.15, -0.1) is 0 Å². The van der Waals surface area contributed by atoms with Gasteiger partial charge in [0.2, 0.25) is 5.91 Å². The molecule has 0 saturated heterocycles. The molecule has 0 fully saturated rings. The second kappa shape index (κ2) is 7.66. The van der Waals surface area contributed by atoms with Crippen LogP contribution in [0.15, 0.2) is 42.5 Å². The molecule has 0 bridgehead atoms. The molecule has 1 rings (SSSR count). The highest BCUT2D eigenvalue weighted by Gasteiger charge is 2.03. The van der Waals surface area contributed by atoms with Gasteiger partial charge in [-0.2, -0.15) is 0 Å². The van der Waals surface area contributed by atoms with Crippen LogP contribution in [0.1, 0.15) is 25.8 Å². The zero-order valence-corrected chi connectivity index (χ0v) is 10.7. The van der Waals surface area contributed by atoms with Gasteiger partial charge in [0.05, 0.1) is 0 Å². The average Bonchev–Trinajstić information content (AvgIpc) is 2.37. The van der Waals surface area contributed by atoms with E-state index in [0.717, 1.165) is 25.9 Å². The van der Waals surface area contributed by atoms with E-state index in [1.165, 1.54) is 5.56 Å². The van der Waals surface area contributed by atoms with Gasteiger partial charge >= 0.3 is 0 Å².